The largest absolute Gasteiger partial charge is 0.275 e. The molecule has 0 atom stereocenters. The van der Waals surface area contributed by atoms with Gasteiger partial charge in [0.25, 0.3) is 5.56 Å². The number of aromatic nitrogens is 6. The molecule has 0 radical (unpaired) electrons. The Labute approximate surface area is 145 Å². The van der Waals surface area contributed by atoms with Crippen LogP contribution in [0.1, 0.15) is 10.7 Å². The molecule has 0 unspecified atom stereocenters. The fourth-order valence-corrected chi connectivity index (χ4v) is 3.64. The van der Waals surface area contributed by atoms with E-state index in [4.69, 9.17) is 0 Å². The molecule has 0 N–H and O–H groups in total. The van der Waals surface area contributed by atoms with Gasteiger partial charge in [0.2, 0.25) is 10.1 Å². The Morgan fingerprint density at radius 1 is 1.21 bits per heavy atom. The van der Waals surface area contributed by atoms with Crippen LogP contribution < -0.4 is 5.56 Å². The summed E-state index contributed by atoms with van der Waals surface area (Å²) >= 11 is 2.84. The summed E-state index contributed by atoms with van der Waals surface area (Å²) < 4.78 is 3.05. The van der Waals surface area contributed by atoms with Crippen molar-refractivity contribution in [3.05, 3.63) is 63.8 Å². The minimum Gasteiger partial charge on any atom is -0.267 e. The lowest BCUT2D eigenvalue weighted by atomic mass is 10.3. The van der Waals surface area contributed by atoms with E-state index < -0.39 is 0 Å². The van der Waals surface area contributed by atoms with Crippen LogP contribution in [0.15, 0.2) is 52.7 Å². The Bertz CT molecular complexity index is 1050. The van der Waals surface area contributed by atoms with Gasteiger partial charge in [-0.25, -0.2) is 14.6 Å². The van der Waals surface area contributed by atoms with E-state index >= 15 is 0 Å². The molecule has 0 bridgehead atoms. The van der Waals surface area contributed by atoms with Crippen molar-refractivity contribution in [2.75, 3.05) is 0 Å². The van der Waals surface area contributed by atoms with Crippen molar-refractivity contribution >= 4 is 28.1 Å². The maximum atomic E-state index is 12.0. The first-order valence-corrected chi connectivity index (χ1v) is 8.95. The van der Waals surface area contributed by atoms with Gasteiger partial charge in [0.15, 0.2) is 0 Å². The van der Waals surface area contributed by atoms with E-state index in [1.165, 1.54) is 33.7 Å². The second kappa shape index (κ2) is 6.17. The molecule has 3 heterocycles. The average molecular weight is 356 g/mol. The van der Waals surface area contributed by atoms with E-state index in [2.05, 4.69) is 20.2 Å². The van der Waals surface area contributed by atoms with Gasteiger partial charge in [0.05, 0.1) is 11.4 Å². The molecule has 0 aliphatic heterocycles. The maximum absolute atomic E-state index is 12.0. The molecular weight excluding hydrogens is 344 g/mol. The smallest absolute Gasteiger partial charge is 0.267 e. The number of fused-ring (bicyclic) bond motifs is 1. The van der Waals surface area contributed by atoms with Crippen molar-refractivity contribution in [2.45, 2.75) is 17.8 Å². The number of hydrogen-bond donors (Lipinski definition) is 0. The molecule has 1 aromatic carbocycles. The summed E-state index contributed by atoms with van der Waals surface area (Å²) in [6.45, 7) is 1.85. The van der Waals surface area contributed by atoms with E-state index in [9.17, 15) is 4.79 Å². The van der Waals surface area contributed by atoms with Gasteiger partial charge in [-0.3, -0.25) is 4.79 Å². The summed E-state index contributed by atoms with van der Waals surface area (Å²) in [7, 11) is 0. The first kappa shape index (κ1) is 15.0. The van der Waals surface area contributed by atoms with Crippen LogP contribution in [0, 0.1) is 6.92 Å². The summed E-state index contributed by atoms with van der Waals surface area (Å²) in [4.78, 5) is 21.4. The van der Waals surface area contributed by atoms with Gasteiger partial charge in [-0.05, 0) is 19.1 Å². The van der Waals surface area contributed by atoms with Crippen LogP contribution in [-0.4, -0.2) is 29.4 Å². The van der Waals surface area contributed by atoms with Gasteiger partial charge in [-0.15, -0.1) is 5.10 Å². The topological polar surface area (TPSA) is 78.0 Å². The molecule has 7 nitrogen and oxygen atoms in total. The minimum atomic E-state index is -0.164. The molecule has 120 valence electrons. The first-order valence-electron chi connectivity index (χ1n) is 7.15. The van der Waals surface area contributed by atoms with Gasteiger partial charge in [0, 0.05) is 11.8 Å². The zero-order chi connectivity index (χ0) is 16.5. The monoisotopic (exact) mass is 356 g/mol. The second-order valence-corrected chi connectivity index (χ2v) is 7.10. The van der Waals surface area contributed by atoms with E-state index in [-0.39, 0.29) is 5.56 Å². The van der Waals surface area contributed by atoms with Crippen molar-refractivity contribution in [3.63, 3.8) is 0 Å². The SMILES string of the molecule is Cc1nn2c(=O)cc(CSc3ncn(-c4ccccc4)n3)nc2s1. The highest BCUT2D eigenvalue weighted by atomic mass is 32.2. The summed E-state index contributed by atoms with van der Waals surface area (Å²) in [6, 6.07) is 11.3. The average Bonchev–Trinajstić information content (AvgIpc) is 3.20. The van der Waals surface area contributed by atoms with Crippen molar-refractivity contribution in [2.24, 2.45) is 0 Å². The Balaban J connectivity index is 1.53. The summed E-state index contributed by atoms with van der Waals surface area (Å²) in [5, 5.41) is 10.0. The lowest BCUT2D eigenvalue weighted by molar-refractivity contribution is 0.834. The highest BCUT2D eigenvalue weighted by molar-refractivity contribution is 7.98. The van der Waals surface area contributed by atoms with Crippen LogP contribution in [0.5, 0.6) is 0 Å². The fraction of sp³-hybridized carbons (Fsp3) is 0.133. The number of aryl methyl sites for hydroxylation is 1. The zero-order valence-corrected chi connectivity index (χ0v) is 14.3. The number of nitrogens with zero attached hydrogens (tertiary/aromatic N) is 6. The molecule has 9 heteroatoms. The minimum absolute atomic E-state index is 0.164. The Kier molecular flexibility index (Phi) is 3.87. The van der Waals surface area contributed by atoms with E-state index in [1.54, 1.807) is 11.0 Å². The molecular formula is C15H12N6OS2. The molecule has 0 spiro atoms. The third-order valence-corrected chi connectivity index (χ3v) is 4.95. The lowest BCUT2D eigenvalue weighted by Crippen LogP contribution is -2.15. The van der Waals surface area contributed by atoms with Crippen LogP contribution >= 0.6 is 23.1 Å². The molecule has 4 aromatic rings. The van der Waals surface area contributed by atoms with Crippen LogP contribution in [-0.2, 0) is 5.75 Å². The molecule has 24 heavy (non-hydrogen) atoms. The standard InChI is InChI=1S/C15H12N6OS2/c1-10-18-21-13(22)7-11(17-15(21)24-10)8-23-14-16-9-20(19-14)12-5-3-2-4-6-12/h2-7,9H,8H2,1H3. The zero-order valence-electron chi connectivity index (χ0n) is 12.7. The summed E-state index contributed by atoms with van der Waals surface area (Å²) in [5.74, 6) is 0.529. The molecule has 0 fully saturated rings. The number of benzene rings is 1. The van der Waals surface area contributed by atoms with Crippen molar-refractivity contribution in [1.29, 1.82) is 0 Å². The Morgan fingerprint density at radius 3 is 2.88 bits per heavy atom. The van der Waals surface area contributed by atoms with Crippen molar-refractivity contribution in [1.82, 2.24) is 29.4 Å². The van der Waals surface area contributed by atoms with Gasteiger partial charge >= 0.3 is 0 Å². The van der Waals surface area contributed by atoms with E-state index in [0.717, 1.165) is 10.7 Å². The number of para-hydroxylation sites is 1. The molecule has 0 saturated carbocycles. The third kappa shape index (κ3) is 2.95. The van der Waals surface area contributed by atoms with Crippen molar-refractivity contribution < 1.29 is 0 Å². The Morgan fingerprint density at radius 2 is 2.04 bits per heavy atom. The third-order valence-electron chi connectivity index (χ3n) is 3.24. The lowest BCUT2D eigenvalue weighted by Gasteiger charge is -1.99. The predicted molar refractivity (Wildman–Crippen MR) is 92.8 cm³/mol. The van der Waals surface area contributed by atoms with Crippen LogP contribution in [0.25, 0.3) is 10.6 Å². The molecule has 4 rings (SSSR count). The summed E-state index contributed by atoms with van der Waals surface area (Å²) in [5.41, 5.74) is 1.49. The van der Waals surface area contributed by atoms with Crippen LogP contribution in [0.4, 0.5) is 0 Å². The highest BCUT2D eigenvalue weighted by Crippen LogP contribution is 2.19. The predicted octanol–water partition coefficient (Wildman–Crippen LogP) is 2.33. The van der Waals surface area contributed by atoms with Gasteiger partial charge in [-0.2, -0.15) is 9.61 Å². The number of hydrogen-bond acceptors (Lipinski definition) is 7. The second-order valence-electron chi connectivity index (χ2n) is 5.00. The van der Waals surface area contributed by atoms with Gasteiger partial charge in [-0.1, -0.05) is 41.3 Å². The van der Waals surface area contributed by atoms with Gasteiger partial charge < -0.3 is 0 Å². The molecule has 0 amide bonds. The normalized spacial score (nSPS) is 11.2. The highest BCUT2D eigenvalue weighted by Gasteiger charge is 2.09. The molecule has 0 aliphatic carbocycles. The maximum Gasteiger partial charge on any atom is 0.275 e. The van der Waals surface area contributed by atoms with Crippen LogP contribution in [0.2, 0.25) is 0 Å². The van der Waals surface area contributed by atoms with Crippen molar-refractivity contribution in [3.8, 4) is 5.69 Å². The van der Waals surface area contributed by atoms with Crippen LogP contribution in [0.3, 0.4) is 0 Å². The van der Waals surface area contributed by atoms with E-state index in [1.807, 2.05) is 37.3 Å². The molecule has 3 aromatic heterocycles. The van der Waals surface area contributed by atoms with E-state index in [0.29, 0.717) is 21.6 Å². The first-order chi connectivity index (χ1) is 11.7. The quantitative estimate of drug-likeness (QED) is 0.522. The number of rotatable bonds is 4. The van der Waals surface area contributed by atoms with Gasteiger partial charge in [0.1, 0.15) is 11.3 Å². The fourth-order valence-electron chi connectivity index (χ4n) is 2.18. The Hall–Kier alpha value is -2.52. The molecule has 0 aliphatic rings. The number of thioether (sulfide) groups is 1. The molecule has 0 saturated heterocycles. The summed E-state index contributed by atoms with van der Waals surface area (Å²) in [6.07, 6.45) is 1.68.